The topological polar surface area (TPSA) is 40.5 Å². The van der Waals surface area contributed by atoms with Gasteiger partial charge in [0.05, 0.1) is 0 Å². The Hall–Kier alpha value is -1.96. The van der Waals surface area contributed by atoms with Crippen LogP contribution in [-0.4, -0.2) is 10.2 Å². The molecule has 0 aromatic heterocycles. The molecule has 0 radical (unpaired) electrons. The standard InChI is InChI=1S/C24H34O2/c1-17-13-15-21(19(3)23(17)25)11-9-7-5-6-8-10-12-22-16-14-18(2)24(26)20(22)4/h13-16,25-26H,5-12H2,1-4H3. The Morgan fingerprint density at radius 1 is 0.538 bits per heavy atom. The summed E-state index contributed by atoms with van der Waals surface area (Å²) in [5.74, 6) is 0.917. The van der Waals surface area contributed by atoms with Gasteiger partial charge in [-0.1, -0.05) is 49.9 Å². The quantitative estimate of drug-likeness (QED) is 0.507. The van der Waals surface area contributed by atoms with Crippen LogP contribution in [0, 0.1) is 27.7 Å². The van der Waals surface area contributed by atoms with E-state index in [1.54, 1.807) is 0 Å². The average Bonchev–Trinajstić information content (AvgIpc) is 2.63. The number of hydrogen-bond donors (Lipinski definition) is 2. The molecule has 142 valence electrons. The van der Waals surface area contributed by atoms with E-state index in [0.717, 1.165) is 35.1 Å². The highest BCUT2D eigenvalue weighted by molar-refractivity contribution is 5.44. The molecule has 2 N–H and O–H groups in total. The Balaban J connectivity index is 1.62. The summed E-state index contributed by atoms with van der Waals surface area (Å²) in [6.45, 7) is 7.93. The highest BCUT2D eigenvalue weighted by Crippen LogP contribution is 2.27. The molecule has 0 spiro atoms. The Bertz CT molecular complexity index is 668. The number of unbranched alkanes of at least 4 members (excludes halogenated alkanes) is 5. The van der Waals surface area contributed by atoms with E-state index in [9.17, 15) is 10.2 Å². The van der Waals surface area contributed by atoms with Crippen molar-refractivity contribution in [2.45, 2.75) is 79.1 Å². The number of aryl methyl sites for hydroxylation is 4. The lowest BCUT2D eigenvalue weighted by Crippen LogP contribution is -1.93. The third kappa shape index (κ3) is 5.27. The summed E-state index contributed by atoms with van der Waals surface area (Å²) in [6.07, 6.45) is 9.53. The molecule has 0 atom stereocenters. The molecule has 2 rings (SSSR count). The normalized spacial score (nSPS) is 11.1. The largest absolute Gasteiger partial charge is 0.507 e. The molecule has 2 nitrogen and oxygen atoms in total. The second-order valence-electron chi connectivity index (χ2n) is 7.65. The van der Waals surface area contributed by atoms with E-state index in [1.165, 1.54) is 49.7 Å². The maximum Gasteiger partial charge on any atom is 0.121 e. The number of rotatable bonds is 9. The van der Waals surface area contributed by atoms with Gasteiger partial charge in [-0.3, -0.25) is 0 Å². The van der Waals surface area contributed by atoms with Crippen molar-refractivity contribution < 1.29 is 10.2 Å². The van der Waals surface area contributed by atoms with Crippen molar-refractivity contribution in [3.05, 3.63) is 57.6 Å². The lowest BCUT2D eigenvalue weighted by atomic mass is 9.97. The van der Waals surface area contributed by atoms with Gasteiger partial charge in [0.2, 0.25) is 0 Å². The van der Waals surface area contributed by atoms with E-state index in [0.29, 0.717) is 11.5 Å². The minimum absolute atomic E-state index is 0.458. The Morgan fingerprint density at radius 2 is 0.885 bits per heavy atom. The van der Waals surface area contributed by atoms with Gasteiger partial charge in [0.15, 0.2) is 0 Å². The fraction of sp³-hybridized carbons (Fsp3) is 0.500. The van der Waals surface area contributed by atoms with Gasteiger partial charge in [-0.05, 0) is 86.8 Å². The number of aromatic hydroxyl groups is 2. The average molecular weight is 355 g/mol. The third-order valence-corrected chi connectivity index (χ3v) is 5.63. The van der Waals surface area contributed by atoms with Crippen LogP contribution in [0.15, 0.2) is 24.3 Å². The SMILES string of the molecule is Cc1ccc(CCCCCCCCc2ccc(C)c(O)c2C)c(C)c1O. The Morgan fingerprint density at radius 3 is 1.27 bits per heavy atom. The van der Waals surface area contributed by atoms with Crippen LogP contribution >= 0.6 is 0 Å². The molecule has 2 aromatic carbocycles. The van der Waals surface area contributed by atoms with Gasteiger partial charge in [-0.25, -0.2) is 0 Å². The van der Waals surface area contributed by atoms with Gasteiger partial charge in [0.25, 0.3) is 0 Å². The summed E-state index contributed by atoms with van der Waals surface area (Å²) >= 11 is 0. The summed E-state index contributed by atoms with van der Waals surface area (Å²) in [5, 5.41) is 20.0. The predicted octanol–water partition coefficient (Wildman–Crippen LogP) is 6.46. The smallest absolute Gasteiger partial charge is 0.121 e. The van der Waals surface area contributed by atoms with Gasteiger partial charge in [-0.15, -0.1) is 0 Å². The monoisotopic (exact) mass is 354 g/mol. The van der Waals surface area contributed by atoms with E-state index < -0.39 is 0 Å². The van der Waals surface area contributed by atoms with Crippen LogP contribution in [0.25, 0.3) is 0 Å². The third-order valence-electron chi connectivity index (χ3n) is 5.63. The van der Waals surface area contributed by atoms with Crippen LogP contribution in [0.4, 0.5) is 0 Å². The zero-order valence-electron chi connectivity index (χ0n) is 16.9. The molecule has 0 aliphatic rings. The van der Waals surface area contributed by atoms with Gasteiger partial charge in [-0.2, -0.15) is 0 Å². The van der Waals surface area contributed by atoms with Gasteiger partial charge >= 0.3 is 0 Å². The molecule has 0 heterocycles. The van der Waals surface area contributed by atoms with Crippen molar-refractivity contribution >= 4 is 0 Å². The molecule has 0 bridgehead atoms. The van der Waals surface area contributed by atoms with Gasteiger partial charge in [0.1, 0.15) is 11.5 Å². The van der Waals surface area contributed by atoms with Crippen molar-refractivity contribution in [2.75, 3.05) is 0 Å². The maximum atomic E-state index is 10.0. The minimum Gasteiger partial charge on any atom is -0.507 e. The molecular weight excluding hydrogens is 320 g/mol. The zero-order valence-corrected chi connectivity index (χ0v) is 16.9. The van der Waals surface area contributed by atoms with E-state index in [2.05, 4.69) is 12.1 Å². The van der Waals surface area contributed by atoms with Gasteiger partial charge < -0.3 is 10.2 Å². The zero-order chi connectivity index (χ0) is 19.1. The first kappa shape index (κ1) is 20.4. The number of phenols is 2. The van der Waals surface area contributed by atoms with Crippen LogP contribution in [0.3, 0.4) is 0 Å². The molecule has 0 fully saturated rings. The van der Waals surface area contributed by atoms with Crippen LogP contribution in [0.2, 0.25) is 0 Å². The van der Waals surface area contributed by atoms with E-state index in [-0.39, 0.29) is 0 Å². The summed E-state index contributed by atoms with van der Waals surface area (Å²) in [6, 6.07) is 8.35. The van der Waals surface area contributed by atoms with Crippen molar-refractivity contribution in [1.82, 2.24) is 0 Å². The molecule has 0 saturated heterocycles. The molecule has 0 saturated carbocycles. The molecule has 0 aliphatic heterocycles. The maximum absolute atomic E-state index is 10.0. The van der Waals surface area contributed by atoms with Crippen molar-refractivity contribution in [3.8, 4) is 11.5 Å². The molecule has 26 heavy (non-hydrogen) atoms. The second kappa shape index (κ2) is 9.66. The molecule has 2 heteroatoms. The first-order chi connectivity index (χ1) is 12.4. The number of phenolic OH excluding ortho intramolecular Hbond substituents is 2. The molecule has 2 aromatic rings. The number of hydrogen-bond acceptors (Lipinski definition) is 2. The van der Waals surface area contributed by atoms with E-state index in [4.69, 9.17) is 0 Å². The van der Waals surface area contributed by atoms with Crippen molar-refractivity contribution in [1.29, 1.82) is 0 Å². The highest BCUT2D eigenvalue weighted by Gasteiger charge is 2.07. The summed E-state index contributed by atoms with van der Waals surface area (Å²) in [5.41, 5.74) is 6.57. The number of benzene rings is 2. The second-order valence-corrected chi connectivity index (χ2v) is 7.65. The molecule has 0 aliphatic carbocycles. The van der Waals surface area contributed by atoms with Crippen LogP contribution in [-0.2, 0) is 12.8 Å². The highest BCUT2D eigenvalue weighted by atomic mass is 16.3. The molecular formula is C24H34O2. The summed E-state index contributed by atoms with van der Waals surface area (Å²) in [4.78, 5) is 0. The van der Waals surface area contributed by atoms with Crippen molar-refractivity contribution in [3.63, 3.8) is 0 Å². The van der Waals surface area contributed by atoms with Crippen LogP contribution < -0.4 is 0 Å². The fourth-order valence-corrected chi connectivity index (χ4v) is 3.63. The lowest BCUT2D eigenvalue weighted by Gasteiger charge is -2.10. The first-order valence-electron chi connectivity index (χ1n) is 9.98. The Kier molecular flexibility index (Phi) is 7.56. The minimum atomic E-state index is 0.458. The lowest BCUT2D eigenvalue weighted by molar-refractivity contribution is 0.465. The van der Waals surface area contributed by atoms with E-state index in [1.807, 2.05) is 39.8 Å². The molecule has 0 unspecified atom stereocenters. The van der Waals surface area contributed by atoms with Crippen molar-refractivity contribution in [2.24, 2.45) is 0 Å². The summed E-state index contributed by atoms with van der Waals surface area (Å²) in [7, 11) is 0. The van der Waals surface area contributed by atoms with Crippen LogP contribution in [0.5, 0.6) is 11.5 Å². The first-order valence-corrected chi connectivity index (χ1v) is 9.98. The van der Waals surface area contributed by atoms with E-state index >= 15 is 0 Å². The Labute approximate surface area is 158 Å². The van der Waals surface area contributed by atoms with Gasteiger partial charge in [0, 0.05) is 0 Å². The fourth-order valence-electron chi connectivity index (χ4n) is 3.63. The molecule has 0 amide bonds. The summed E-state index contributed by atoms with van der Waals surface area (Å²) < 4.78 is 0. The van der Waals surface area contributed by atoms with Crippen LogP contribution in [0.1, 0.15) is 71.9 Å². The predicted molar refractivity (Wildman–Crippen MR) is 110 cm³/mol.